The number of hydrogen-bond donors (Lipinski definition) is 2. The van der Waals surface area contributed by atoms with Gasteiger partial charge in [0.05, 0.1) is 19.2 Å². The van der Waals surface area contributed by atoms with Crippen molar-refractivity contribution in [1.29, 1.82) is 0 Å². The van der Waals surface area contributed by atoms with E-state index in [0.717, 1.165) is 30.8 Å². The molecule has 0 saturated heterocycles. The predicted octanol–water partition coefficient (Wildman–Crippen LogP) is 3.29. The van der Waals surface area contributed by atoms with Crippen molar-refractivity contribution in [1.82, 2.24) is 10.6 Å². The molecule has 1 atom stereocenters. The van der Waals surface area contributed by atoms with Crippen LogP contribution in [0, 0.1) is 6.92 Å². The molecule has 1 amide bonds. The summed E-state index contributed by atoms with van der Waals surface area (Å²) in [5, 5.41) is 6.25. The zero-order chi connectivity index (χ0) is 17.6. The summed E-state index contributed by atoms with van der Waals surface area (Å²) in [5.41, 5.74) is 4.79. The number of rotatable bonds is 6. The molecule has 132 valence electrons. The van der Waals surface area contributed by atoms with Gasteiger partial charge in [-0.2, -0.15) is 0 Å². The van der Waals surface area contributed by atoms with Crippen molar-refractivity contribution < 1.29 is 9.53 Å². The molecule has 2 aromatic carbocycles. The number of aryl methyl sites for hydroxylation is 2. The van der Waals surface area contributed by atoms with Gasteiger partial charge in [0.15, 0.2) is 0 Å². The Balaban J connectivity index is 1.45. The molecule has 0 fully saturated rings. The Hall–Kier alpha value is -2.33. The van der Waals surface area contributed by atoms with Gasteiger partial charge in [-0.15, -0.1) is 0 Å². The van der Waals surface area contributed by atoms with E-state index in [4.69, 9.17) is 4.74 Å². The third-order valence-electron chi connectivity index (χ3n) is 4.54. The lowest BCUT2D eigenvalue weighted by Gasteiger charge is -2.18. The number of ether oxygens (including phenoxy) is 1. The molecule has 4 heteroatoms. The quantitative estimate of drug-likeness (QED) is 0.850. The van der Waals surface area contributed by atoms with Gasteiger partial charge >= 0.3 is 0 Å². The van der Waals surface area contributed by atoms with Crippen LogP contribution >= 0.6 is 0 Å². The molecule has 1 aliphatic heterocycles. The summed E-state index contributed by atoms with van der Waals surface area (Å²) in [7, 11) is 0. The number of carbonyl (C=O) groups is 1. The van der Waals surface area contributed by atoms with E-state index in [1.54, 1.807) is 0 Å². The molecule has 25 heavy (non-hydrogen) atoms. The summed E-state index contributed by atoms with van der Waals surface area (Å²) < 4.78 is 5.63. The molecule has 0 spiro atoms. The van der Waals surface area contributed by atoms with Crippen LogP contribution in [0.15, 0.2) is 42.5 Å². The number of carbonyl (C=O) groups excluding carboxylic acids is 1. The van der Waals surface area contributed by atoms with E-state index < -0.39 is 0 Å². The van der Waals surface area contributed by atoms with Gasteiger partial charge in [-0.3, -0.25) is 4.79 Å². The molecule has 4 nitrogen and oxygen atoms in total. The van der Waals surface area contributed by atoms with Crippen LogP contribution in [0.2, 0.25) is 0 Å². The second-order valence-corrected chi connectivity index (χ2v) is 6.70. The van der Waals surface area contributed by atoms with Gasteiger partial charge in [0.25, 0.3) is 0 Å². The molecule has 0 aromatic heterocycles. The topological polar surface area (TPSA) is 50.4 Å². The highest BCUT2D eigenvalue weighted by atomic mass is 16.5. The van der Waals surface area contributed by atoms with Gasteiger partial charge < -0.3 is 15.4 Å². The first kappa shape index (κ1) is 17.5. The molecule has 0 saturated carbocycles. The van der Waals surface area contributed by atoms with Gasteiger partial charge in [0.2, 0.25) is 5.91 Å². The monoisotopic (exact) mass is 338 g/mol. The van der Waals surface area contributed by atoms with E-state index in [1.165, 1.54) is 16.7 Å². The Morgan fingerprint density at radius 2 is 2.00 bits per heavy atom. The molecule has 2 N–H and O–H groups in total. The van der Waals surface area contributed by atoms with Gasteiger partial charge in [-0.1, -0.05) is 42.0 Å². The largest absolute Gasteiger partial charge is 0.493 e. The maximum atomic E-state index is 12.1. The van der Waals surface area contributed by atoms with Crippen LogP contribution in [-0.4, -0.2) is 19.1 Å². The number of hydrogen-bond acceptors (Lipinski definition) is 3. The molecule has 0 unspecified atom stereocenters. The summed E-state index contributed by atoms with van der Waals surface area (Å²) in [4.78, 5) is 12.1. The van der Waals surface area contributed by atoms with Crippen molar-refractivity contribution in [2.75, 3.05) is 13.2 Å². The van der Waals surface area contributed by atoms with Crippen molar-refractivity contribution in [3.63, 3.8) is 0 Å². The summed E-state index contributed by atoms with van der Waals surface area (Å²) >= 11 is 0. The standard InChI is InChI=1S/C21H26N2O2/c1-15-5-8-18(9-6-15)16(2)23-21(24)14-22-13-17-7-10-20-19(12-17)4-3-11-25-20/h5-10,12,16,22H,3-4,11,13-14H2,1-2H3,(H,23,24)/t16-/m0/s1. The highest BCUT2D eigenvalue weighted by Crippen LogP contribution is 2.25. The molecule has 0 aliphatic carbocycles. The van der Waals surface area contributed by atoms with E-state index in [-0.39, 0.29) is 11.9 Å². The number of benzene rings is 2. The maximum absolute atomic E-state index is 12.1. The first-order valence-electron chi connectivity index (χ1n) is 8.93. The second kappa shape index (κ2) is 8.17. The number of nitrogens with one attached hydrogen (secondary N) is 2. The summed E-state index contributed by atoms with van der Waals surface area (Å²) in [6, 6.07) is 14.5. The SMILES string of the molecule is Cc1ccc([C@H](C)NC(=O)CNCc2ccc3c(c2)CCCO3)cc1. The first-order chi connectivity index (χ1) is 12.1. The van der Waals surface area contributed by atoms with Gasteiger partial charge in [0, 0.05) is 6.54 Å². The average molecular weight is 338 g/mol. The zero-order valence-corrected chi connectivity index (χ0v) is 15.0. The van der Waals surface area contributed by atoms with Crippen LogP contribution in [0.4, 0.5) is 0 Å². The fourth-order valence-corrected chi connectivity index (χ4v) is 3.08. The molecule has 1 heterocycles. The van der Waals surface area contributed by atoms with Crippen LogP contribution in [0.25, 0.3) is 0 Å². The minimum absolute atomic E-state index is 0.00867. The molecule has 3 rings (SSSR count). The predicted molar refractivity (Wildman–Crippen MR) is 99.7 cm³/mol. The molecule has 0 bridgehead atoms. The number of amides is 1. The highest BCUT2D eigenvalue weighted by molar-refractivity contribution is 5.78. The Morgan fingerprint density at radius 1 is 1.20 bits per heavy atom. The van der Waals surface area contributed by atoms with E-state index in [1.807, 2.05) is 13.0 Å². The van der Waals surface area contributed by atoms with Crippen LogP contribution in [-0.2, 0) is 17.8 Å². The van der Waals surface area contributed by atoms with E-state index in [2.05, 4.69) is 54.0 Å². The van der Waals surface area contributed by atoms with E-state index >= 15 is 0 Å². The van der Waals surface area contributed by atoms with Crippen molar-refractivity contribution >= 4 is 5.91 Å². The fourth-order valence-electron chi connectivity index (χ4n) is 3.08. The van der Waals surface area contributed by atoms with Crippen molar-refractivity contribution in [2.45, 2.75) is 39.3 Å². The lowest BCUT2D eigenvalue weighted by molar-refractivity contribution is -0.120. The maximum Gasteiger partial charge on any atom is 0.234 e. The third-order valence-corrected chi connectivity index (χ3v) is 4.54. The van der Waals surface area contributed by atoms with Crippen molar-refractivity contribution in [3.8, 4) is 5.75 Å². The Labute approximate surface area is 149 Å². The van der Waals surface area contributed by atoms with Crippen LogP contribution in [0.3, 0.4) is 0 Å². The minimum atomic E-state index is 0.00867. The third kappa shape index (κ3) is 4.83. The van der Waals surface area contributed by atoms with Crippen LogP contribution in [0.1, 0.15) is 41.6 Å². The Morgan fingerprint density at radius 3 is 2.80 bits per heavy atom. The van der Waals surface area contributed by atoms with E-state index in [9.17, 15) is 4.79 Å². The molecular weight excluding hydrogens is 312 g/mol. The lowest BCUT2D eigenvalue weighted by Crippen LogP contribution is -2.35. The summed E-state index contributed by atoms with van der Waals surface area (Å²) in [6.07, 6.45) is 2.14. The van der Waals surface area contributed by atoms with Gasteiger partial charge in [0.1, 0.15) is 5.75 Å². The van der Waals surface area contributed by atoms with Crippen LogP contribution in [0.5, 0.6) is 5.75 Å². The Kier molecular flexibility index (Phi) is 5.71. The average Bonchev–Trinajstić information content (AvgIpc) is 2.62. The molecule has 2 aromatic rings. The Bertz CT molecular complexity index is 725. The highest BCUT2D eigenvalue weighted by Gasteiger charge is 2.11. The number of fused-ring (bicyclic) bond motifs is 1. The molecule has 0 radical (unpaired) electrons. The van der Waals surface area contributed by atoms with Crippen molar-refractivity contribution in [2.24, 2.45) is 0 Å². The van der Waals surface area contributed by atoms with E-state index in [0.29, 0.717) is 13.1 Å². The fraction of sp³-hybridized carbons (Fsp3) is 0.381. The summed E-state index contributed by atoms with van der Waals surface area (Å²) in [5.74, 6) is 1.01. The lowest BCUT2D eigenvalue weighted by atomic mass is 10.0. The normalized spacial score (nSPS) is 14.3. The second-order valence-electron chi connectivity index (χ2n) is 6.70. The van der Waals surface area contributed by atoms with Crippen LogP contribution < -0.4 is 15.4 Å². The molecular formula is C21H26N2O2. The smallest absolute Gasteiger partial charge is 0.234 e. The zero-order valence-electron chi connectivity index (χ0n) is 15.0. The first-order valence-corrected chi connectivity index (χ1v) is 8.93. The van der Waals surface area contributed by atoms with Crippen molar-refractivity contribution in [3.05, 3.63) is 64.7 Å². The van der Waals surface area contributed by atoms with Gasteiger partial charge in [-0.05, 0) is 49.4 Å². The van der Waals surface area contributed by atoms with Gasteiger partial charge in [-0.25, -0.2) is 0 Å². The minimum Gasteiger partial charge on any atom is -0.493 e. The summed E-state index contributed by atoms with van der Waals surface area (Å²) in [6.45, 7) is 5.86. The molecule has 1 aliphatic rings.